The molecule has 2 atom stereocenters. The van der Waals surface area contributed by atoms with Crippen molar-refractivity contribution < 1.29 is 0 Å². The molecule has 4 aliphatic heterocycles. The van der Waals surface area contributed by atoms with Gasteiger partial charge in [-0.25, -0.2) is 0 Å². The van der Waals surface area contributed by atoms with Gasteiger partial charge in [0.25, 0.3) is 6.71 Å². The highest BCUT2D eigenvalue weighted by Gasteiger charge is 2.63. The van der Waals surface area contributed by atoms with E-state index in [-0.39, 0.29) is 28.6 Å². The number of benzene rings is 5. The van der Waals surface area contributed by atoms with Crippen molar-refractivity contribution in [3.63, 3.8) is 0 Å². The summed E-state index contributed by atoms with van der Waals surface area (Å²) in [5, 5.41) is 0. The second-order valence-corrected chi connectivity index (χ2v) is 18.4. The summed E-state index contributed by atoms with van der Waals surface area (Å²) in [6.45, 7) is 24.5. The first kappa shape index (κ1) is 32.2. The first-order valence-corrected chi connectivity index (χ1v) is 19.7. The number of hydrogen-bond donors (Lipinski definition) is 0. The van der Waals surface area contributed by atoms with Gasteiger partial charge >= 0.3 is 0 Å². The molecule has 0 aromatic heterocycles. The maximum absolute atomic E-state index is 2.89. The van der Waals surface area contributed by atoms with Gasteiger partial charge in [0.2, 0.25) is 0 Å². The highest BCUT2D eigenvalue weighted by molar-refractivity contribution is 7.00. The van der Waals surface area contributed by atoms with E-state index in [4.69, 9.17) is 0 Å². The lowest BCUT2D eigenvalue weighted by Gasteiger charge is -2.53. The predicted molar refractivity (Wildman–Crippen MR) is 223 cm³/mol. The number of aryl methyl sites for hydroxylation is 4. The van der Waals surface area contributed by atoms with Crippen LogP contribution in [0.15, 0.2) is 84.9 Å². The monoisotopic (exact) mass is 681 g/mol. The van der Waals surface area contributed by atoms with Crippen LogP contribution in [0.3, 0.4) is 0 Å². The molecule has 1 saturated carbocycles. The molecule has 5 aromatic rings. The minimum absolute atomic E-state index is 0.0263. The van der Waals surface area contributed by atoms with Crippen molar-refractivity contribution in [1.29, 1.82) is 0 Å². The van der Waals surface area contributed by atoms with Gasteiger partial charge in [-0.1, -0.05) is 105 Å². The third-order valence-electron chi connectivity index (χ3n) is 15.1. The molecule has 0 radical (unpaired) electrons. The number of para-hydroxylation sites is 2. The summed E-state index contributed by atoms with van der Waals surface area (Å²) >= 11 is 0. The second kappa shape index (κ2) is 10.2. The van der Waals surface area contributed by atoms with Gasteiger partial charge in [-0.05, 0) is 124 Å². The lowest BCUT2D eigenvalue weighted by Crippen LogP contribution is -2.66. The molecule has 2 unspecified atom stereocenters. The molecule has 5 aliphatic rings. The van der Waals surface area contributed by atoms with Crippen molar-refractivity contribution in [2.45, 2.75) is 117 Å². The van der Waals surface area contributed by atoms with E-state index in [0.29, 0.717) is 0 Å². The summed E-state index contributed by atoms with van der Waals surface area (Å²) in [5.74, 6) is 0. The Bertz CT molecular complexity index is 2340. The Balaban J connectivity index is 1.38. The van der Waals surface area contributed by atoms with Gasteiger partial charge < -0.3 is 14.7 Å². The fraction of sp³-hybridized carbons (Fsp3) is 0.375. The molecule has 0 saturated heterocycles. The van der Waals surface area contributed by atoms with Crippen molar-refractivity contribution in [3.05, 3.63) is 118 Å². The Morgan fingerprint density at radius 3 is 1.71 bits per heavy atom. The Morgan fingerprint density at radius 2 is 1.12 bits per heavy atom. The third kappa shape index (κ3) is 3.69. The van der Waals surface area contributed by atoms with Crippen molar-refractivity contribution in [3.8, 4) is 0 Å². The van der Waals surface area contributed by atoms with Gasteiger partial charge in [0, 0.05) is 50.5 Å². The smallest absolute Gasteiger partial charge is 0.252 e. The van der Waals surface area contributed by atoms with Crippen LogP contribution in [0.25, 0.3) is 0 Å². The topological polar surface area (TPSA) is 9.72 Å². The van der Waals surface area contributed by atoms with Crippen LogP contribution >= 0.6 is 0 Å². The van der Waals surface area contributed by atoms with Crippen LogP contribution in [-0.2, 0) is 10.8 Å². The van der Waals surface area contributed by atoms with E-state index in [1.807, 2.05) is 0 Å². The summed E-state index contributed by atoms with van der Waals surface area (Å²) in [7, 11) is 0. The summed E-state index contributed by atoms with van der Waals surface area (Å²) in [4.78, 5) is 8.23. The SMILES string of the molecule is Cc1cc2c3c(c1)C(C)(C)C(C)(C)N3c1cc(N(c3ccccc3C)c3ccccc3C)cc3c1B2c1cc(C)cc2c1N3C1(C)CCCCC21C. The van der Waals surface area contributed by atoms with Crippen molar-refractivity contribution in [2.75, 3.05) is 14.7 Å². The standard InChI is InChI=1S/C48H52BN3/c1-29-23-34-43-36(25-29)49-37-26-30(2)24-35-44(37)52(48(10)22-16-15-21-47(35,48)9)41-28-33(27-40(42(41)49)51(43)46(7,8)45(34,5)6)50(38-19-13-11-17-31(38)3)39-20-14-12-18-32(39)4/h11-14,17-20,23-28H,15-16,21-22H2,1-10H3. The Morgan fingerprint density at radius 1 is 0.596 bits per heavy atom. The zero-order chi connectivity index (χ0) is 36.3. The summed E-state index contributed by atoms with van der Waals surface area (Å²) in [6, 6.07) is 33.2. The zero-order valence-electron chi connectivity index (χ0n) is 32.8. The fourth-order valence-electron chi connectivity index (χ4n) is 11.6. The number of anilines is 7. The van der Waals surface area contributed by atoms with Gasteiger partial charge in [0.1, 0.15) is 0 Å². The first-order valence-electron chi connectivity index (χ1n) is 19.7. The quantitative estimate of drug-likeness (QED) is 0.176. The number of hydrogen-bond acceptors (Lipinski definition) is 3. The van der Waals surface area contributed by atoms with E-state index in [9.17, 15) is 0 Å². The maximum Gasteiger partial charge on any atom is 0.252 e. The summed E-state index contributed by atoms with van der Waals surface area (Å²) < 4.78 is 0. The maximum atomic E-state index is 2.89. The van der Waals surface area contributed by atoms with E-state index >= 15 is 0 Å². The largest absolute Gasteiger partial charge is 0.335 e. The summed E-state index contributed by atoms with van der Waals surface area (Å²) in [6.07, 6.45) is 4.99. The van der Waals surface area contributed by atoms with Gasteiger partial charge in [0.15, 0.2) is 0 Å². The first-order chi connectivity index (χ1) is 24.7. The van der Waals surface area contributed by atoms with Crippen LogP contribution < -0.4 is 31.1 Å². The third-order valence-corrected chi connectivity index (χ3v) is 15.1. The van der Waals surface area contributed by atoms with Crippen LogP contribution in [0, 0.1) is 27.7 Å². The van der Waals surface area contributed by atoms with Crippen LogP contribution in [0.5, 0.6) is 0 Å². The van der Waals surface area contributed by atoms with E-state index < -0.39 is 0 Å². The normalized spacial score (nSPS) is 23.6. The van der Waals surface area contributed by atoms with Crippen molar-refractivity contribution in [1.82, 2.24) is 0 Å². The second-order valence-electron chi connectivity index (χ2n) is 18.4. The van der Waals surface area contributed by atoms with Gasteiger partial charge in [0.05, 0.1) is 11.2 Å². The number of rotatable bonds is 3. The van der Waals surface area contributed by atoms with Crippen molar-refractivity contribution in [2.24, 2.45) is 0 Å². The molecule has 1 fully saturated rings. The molecule has 262 valence electrons. The lowest BCUT2D eigenvalue weighted by molar-refractivity contribution is 0.195. The molecule has 3 nitrogen and oxygen atoms in total. The van der Waals surface area contributed by atoms with E-state index in [2.05, 4.69) is 169 Å². The van der Waals surface area contributed by atoms with Crippen LogP contribution in [-0.4, -0.2) is 17.8 Å². The molecule has 0 N–H and O–H groups in total. The molecule has 5 aromatic carbocycles. The minimum atomic E-state index is -0.155. The van der Waals surface area contributed by atoms with E-state index in [1.165, 1.54) is 110 Å². The fourth-order valence-corrected chi connectivity index (χ4v) is 11.6. The predicted octanol–water partition coefficient (Wildman–Crippen LogP) is 10.5. The Hall–Kier alpha value is -4.44. The Kier molecular flexibility index (Phi) is 6.30. The van der Waals surface area contributed by atoms with Crippen LogP contribution in [0.1, 0.15) is 101 Å². The van der Waals surface area contributed by atoms with Crippen molar-refractivity contribution >= 4 is 62.9 Å². The number of fused-ring (bicyclic) bond motifs is 7. The molecule has 10 rings (SSSR count). The molecule has 4 heterocycles. The van der Waals surface area contributed by atoms with E-state index in [1.54, 1.807) is 5.56 Å². The number of nitrogens with zero attached hydrogens (tertiary/aromatic N) is 3. The van der Waals surface area contributed by atoms with E-state index in [0.717, 1.165) is 0 Å². The minimum Gasteiger partial charge on any atom is -0.335 e. The highest BCUT2D eigenvalue weighted by Crippen LogP contribution is 2.63. The molecular weight excluding hydrogens is 629 g/mol. The summed E-state index contributed by atoms with van der Waals surface area (Å²) in [5.41, 5.74) is 22.1. The molecule has 0 amide bonds. The van der Waals surface area contributed by atoms with Crippen LogP contribution in [0.4, 0.5) is 39.8 Å². The zero-order valence-corrected chi connectivity index (χ0v) is 32.8. The van der Waals surface area contributed by atoms with Gasteiger partial charge in [-0.15, -0.1) is 0 Å². The molecule has 1 aliphatic carbocycles. The highest BCUT2D eigenvalue weighted by atomic mass is 15.3. The average Bonchev–Trinajstić information content (AvgIpc) is 3.40. The molecule has 4 heteroatoms. The Labute approximate surface area is 311 Å². The molecular formula is C48H52BN3. The van der Waals surface area contributed by atoms with Crippen LogP contribution in [0.2, 0.25) is 0 Å². The molecule has 0 spiro atoms. The lowest BCUT2D eigenvalue weighted by atomic mass is 9.33. The van der Waals surface area contributed by atoms with Gasteiger partial charge in [-0.3, -0.25) is 0 Å². The van der Waals surface area contributed by atoms with Gasteiger partial charge in [-0.2, -0.15) is 0 Å². The molecule has 0 bridgehead atoms. The molecule has 52 heavy (non-hydrogen) atoms. The average molecular weight is 682 g/mol.